The number of halogens is 1. The molecule has 0 amide bonds. The molecular weight excluding hydrogens is 288 g/mol. The van der Waals surface area contributed by atoms with Gasteiger partial charge in [-0.3, -0.25) is 9.69 Å². The number of hydrogen-bond acceptors (Lipinski definition) is 4. The Labute approximate surface area is 128 Å². The Morgan fingerprint density at radius 2 is 1.90 bits per heavy atom. The Bertz CT molecular complexity index is 690. The largest absolute Gasteiger partial charge is 0.464 e. The molecule has 1 saturated heterocycles. The van der Waals surface area contributed by atoms with Gasteiger partial charge in [-0.05, 0) is 24.7 Å². The summed E-state index contributed by atoms with van der Waals surface area (Å²) in [6, 6.07) is 5.15. The molecule has 1 fully saturated rings. The van der Waals surface area contributed by atoms with Crippen LogP contribution in [0.4, 0.5) is 0 Å². The second-order valence-corrected chi connectivity index (χ2v) is 5.88. The van der Waals surface area contributed by atoms with Crippen molar-refractivity contribution in [1.29, 1.82) is 0 Å². The summed E-state index contributed by atoms with van der Waals surface area (Å²) < 4.78 is 5.57. The van der Waals surface area contributed by atoms with Crippen molar-refractivity contribution in [2.24, 2.45) is 0 Å². The summed E-state index contributed by atoms with van der Waals surface area (Å²) in [6.07, 6.45) is 1.59. The van der Waals surface area contributed by atoms with Crippen molar-refractivity contribution in [3.05, 3.63) is 45.3 Å². The lowest BCUT2D eigenvalue weighted by Crippen LogP contribution is -2.46. The van der Waals surface area contributed by atoms with Gasteiger partial charge in [0.25, 0.3) is 0 Å². The van der Waals surface area contributed by atoms with Gasteiger partial charge >= 0.3 is 0 Å². The first-order chi connectivity index (χ1) is 10.2. The van der Waals surface area contributed by atoms with Crippen LogP contribution < -0.4 is 5.43 Å². The molecule has 1 aromatic carbocycles. The van der Waals surface area contributed by atoms with Crippen LogP contribution in [0, 0.1) is 0 Å². The molecule has 0 aliphatic carbocycles. The number of nitrogens with zero attached hydrogens (tertiary/aromatic N) is 2. The molecule has 3 rings (SSSR count). The highest BCUT2D eigenvalue weighted by molar-refractivity contribution is 6.31. The molecule has 0 radical (unpaired) electrons. The lowest BCUT2D eigenvalue weighted by atomic mass is 10.1. The third-order valence-corrected chi connectivity index (χ3v) is 4.35. The molecule has 0 saturated carbocycles. The fourth-order valence-electron chi connectivity index (χ4n) is 2.76. The van der Waals surface area contributed by atoms with E-state index in [-0.39, 0.29) is 5.43 Å². The summed E-state index contributed by atoms with van der Waals surface area (Å²) in [5, 5.41) is 1.12. The average Bonchev–Trinajstić information content (AvgIpc) is 2.51. The number of hydrogen-bond donors (Lipinski definition) is 0. The van der Waals surface area contributed by atoms with Crippen molar-refractivity contribution in [3.63, 3.8) is 0 Å². The Hall–Kier alpha value is -1.36. The summed E-state index contributed by atoms with van der Waals surface area (Å²) in [6.45, 7) is 7.99. The lowest BCUT2D eigenvalue weighted by molar-refractivity contribution is 0.131. The van der Waals surface area contributed by atoms with Gasteiger partial charge in [0, 0.05) is 43.3 Å². The molecule has 21 heavy (non-hydrogen) atoms. The second kappa shape index (κ2) is 6.18. The van der Waals surface area contributed by atoms with Crippen LogP contribution in [0.25, 0.3) is 11.0 Å². The smallest absolute Gasteiger partial charge is 0.197 e. The molecule has 112 valence electrons. The van der Waals surface area contributed by atoms with Crippen LogP contribution in [0.15, 0.2) is 33.7 Å². The van der Waals surface area contributed by atoms with Crippen molar-refractivity contribution < 1.29 is 4.42 Å². The minimum absolute atomic E-state index is 0.0247. The Balaban J connectivity index is 1.82. The average molecular weight is 307 g/mol. The first-order valence-corrected chi connectivity index (χ1v) is 7.70. The van der Waals surface area contributed by atoms with Crippen LogP contribution in [0.5, 0.6) is 0 Å². The van der Waals surface area contributed by atoms with E-state index in [1.54, 1.807) is 24.5 Å². The Kier molecular flexibility index (Phi) is 4.29. The van der Waals surface area contributed by atoms with E-state index in [9.17, 15) is 4.79 Å². The maximum atomic E-state index is 12.5. The third kappa shape index (κ3) is 3.12. The summed E-state index contributed by atoms with van der Waals surface area (Å²) in [4.78, 5) is 17.2. The van der Waals surface area contributed by atoms with E-state index in [2.05, 4.69) is 16.7 Å². The monoisotopic (exact) mass is 306 g/mol. The zero-order chi connectivity index (χ0) is 14.8. The minimum Gasteiger partial charge on any atom is -0.464 e. The highest BCUT2D eigenvalue weighted by atomic mass is 35.5. The standard InChI is InChI=1S/C16H19ClN2O2/c1-2-18-5-7-19(8-6-18)10-12-11-21-15-4-3-13(17)9-14(15)16(12)20/h3-4,9,11H,2,5-8,10H2,1H3. The number of fused-ring (bicyclic) bond motifs is 1. The zero-order valence-corrected chi connectivity index (χ0v) is 12.9. The number of rotatable bonds is 3. The SMILES string of the molecule is CCN1CCN(Cc2coc3ccc(Cl)cc3c2=O)CC1. The van der Waals surface area contributed by atoms with E-state index in [0.717, 1.165) is 32.7 Å². The topological polar surface area (TPSA) is 36.7 Å². The predicted molar refractivity (Wildman–Crippen MR) is 84.9 cm³/mol. The fraction of sp³-hybridized carbons (Fsp3) is 0.438. The van der Waals surface area contributed by atoms with Crippen LogP contribution >= 0.6 is 11.6 Å². The van der Waals surface area contributed by atoms with E-state index in [4.69, 9.17) is 16.0 Å². The quantitative estimate of drug-likeness (QED) is 0.873. The highest BCUT2D eigenvalue weighted by Gasteiger charge is 2.17. The summed E-state index contributed by atoms with van der Waals surface area (Å²) in [7, 11) is 0. The fourth-order valence-corrected chi connectivity index (χ4v) is 2.93. The van der Waals surface area contributed by atoms with E-state index in [1.165, 1.54) is 0 Å². The van der Waals surface area contributed by atoms with Crippen molar-refractivity contribution in [2.45, 2.75) is 13.5 Å². The number of likely N-dealkylation sites (N-methyl/N-ethyl adjacent to an activating group) is 1. The maximum Gasteiger partial charge on any atom is 0.197 e. The van der Waals surface area contributed by atoms with Crippen molar-refractivity contribution in [3.8, 4) is 0 Å². The van der Waals surface area contributed by atoms with Gasteiger partial charge in [0.1, 0.15) is 5.58 Å². The summed E-state index contributed by atoms with van der Waals surface area (Å²) in [5.41, 5.74) is 1.32. The van der Waals surface area contributed by atoms with Crippen LogP contribution in [-0.4, -0.2) is 42.5 Å². The molecule has 1 aliphatic heterocycles. The first kappa shape index (κ1) is 14.6. The maximum absolute atomic E-state index is 12.5. The predicted octanol–water partition coefficient (Wildman–Crippen LogP) is 2.58. The van der Waals surface area contributed by atoms with Gasteiger partial charge in [-0.2, -0.15) is 0 Å². The summed E-state index contributed by atoms with van der Waals surface area (Å²) in [5.74, 6) is 0. The van der Waals surface area contributed by atoms with Gasteiger partial charge in [-0.1, -0.05) is 18.5 Å². The lowest BCUT2D eigenvalue weighted by Gasteiger charge is -2.33. The van der Waals surface area contributed by atoms with Crippen LogP contribution in [0.1, 0.15) is 12.5 Å². The van der Waals surface area contributed by atoms with Crippen molar-refractivity contribution in [2.75, 3.05) is 32.7 Å². The molecule has 0 N–H and O–H groups in total. The molecule has 4 nitrogen and oxygen atoms in total. The van der Waals surface area contributed by atoms with E-state index >= 15 is 0 Å². The third-order valence-electron chi connectivity index (χ3n) is 4.11. The second-order valence-electron chi connectivity index (χ2n) is 5.44. The van der Waals surface area contributed by atoms with Gasteiger partial charge in [0.15, 0.2) is 5.43 Å². The highest BCUT2D eigenvalue weighted by Crippen LogP contribution is 2.17. The van der Waals surface area contributed by atoms with E-state index in [0.29, 0.717) is 28.1 Å². The van der Waals surface area contributed by atoms with Crippen LogP contribution in [0.2, 0.25) is 5.02 Å². The van der Waals surface area contributed by atoms with Gasteiger partial charge in [-0.15, -0.1) is 0 Å². The first-order valence-electron chi connectivity index (χ1n) is 7.32. The van der Waals surface area contributed by atoms with E-state index < -0.39 is 0 Å². The molecule has 2 aromatic rings. The van der Waals surface area contributed by atoms with Crippen LogP contribution in [-0.2, 0) is 6.54 Å². The van der Waals surface area contributed by atoms with E-state index in [1.807, 2.05) is 0 Å². The minimum atomic E-state index is 0.0247. The van der Waals surface area contributed by atoms with Crippen molar-refractivity contribution >= 4 is 22.6 Å². The molecule has 0 bridgehead atoms. The molecule has 1 aliphatic rings. The molecule has 0 unspecified atom stereocenters. The number of piperazine rings is 1. The summed E-state index contributed by atoms with van der Waals surface area (Å²) >= 11 is 5.97. The van der Waals surface area contributed by atoms with Gasteiger partial charge in [0.2, 0.25) is 0 Å². The normalized spacial score (nSPS) is 17.4. The van der Waals surface area contributed by atoms with Crippen molar-refractivity contribution in [1.82, 2.24) is 9.80 Å². The molecule has 0 spiro atoms. The van der Waals surface area contributed by atoms with Gasteiger partial charge in [-0.25, -0.2) is 0 Å². The molecule has 0 atom stereocenters. The zero-order valence-electron chi connectivity index (χ0n) is 12.1. The van der Waals surface area contributed by atoms with Gasteiger partial charge < -0.3 is 9.32 Å². The molecule has 1 aromatic heterocycles. The Morgan fingerprint density at radius 3 is 2.62 bits per heavy atom. The van der Waals surface area contributed by atoms with Gasteiger partial charge in [0.05, 0.1) is 11.6 Å². The number of benzene rings is 1. The Morgan fingerprint density at radius 1 is 1.19 bits per heavy atom. The van der Waals surface area contributed by atoms with Crippen LogP contribution in [0.3, 0.4) is 0 Å². The molecule has 2 heterocycles. The molecule has 5 heteroatoms. The molecular formula is C16H19ClN2O2.